The van der Waals surface area contributed by atoms with E-state index in [1.165, 1.54) is 11.5 Å². The molecule has 2 saturated heterocycles. The summed E-state index contributed by atoms with van der Waals surface area (Å²) in [5, 5.41) is 28.6. The second-order valence-corrected chi connectivity index (χ2v) is 10.6. The number of aryl methyl sites for hydroxylation is 1. The number of rotatable bonds is 9. The SMILES string of the molecule is C[n+]1cccc(N2CCC(=CC3=C(C(=O)[O-])N4C(=O)[C@@H](NC(=O)/C(=N\OCC(=O)O)c5csc(N)n5)[C@H]4CC3)C2=O)c1. The van der Waals surface area contributed by atoms with Crippen LogP contribution >= 0.6 is 11.3 Å². The first-order valence-electron chi connectivity index (χ1n) is 12.7. The number of aromatic nitrogens is 2. The van der Waals surface area contributed by atoms with E-state index in [1.807, 2.05) is 36.1 Å². The first-order chi connectivity index (χ1) is 20.0. The van der Waals surface area contributed by atoms with Gasteiger partial charge in [-0.3, -0.25) is 14.4 Å². The molecule has 15 nitrogen and oxygen atoms in total. The van der Waals surface area contributed by atoms with E-state index in [9.17, 15) is 29.1 Å². The summed E-state index contributed by atoms with van der Waals surface area (Å²) in [6, 6.07) is 1.84. The van der Waals surface area contributed by atoms with Gasteiger partial charge in [-0.25, -0.2) is 14.3 Å². The van der Waals surface area contributed by atoms with Crippen LogP contribution in [0.15, 0.2) is 58.0 Å². The number of nitrogens with zero attached hydrogens (tertiary/aromatic N) is 5. The molecule has 0 aliphatic carbocycles. The van der Waals surface area contributed by atoms with Gasteiger partial charge >= 0.3 is 5.97 Å². The van der Waals surface area contributed by atoms with E-state index in [-0.39, 0.29) is 34.4 Å². The standard InChI is InChI=1S/C26H25N7O8S/c1-31-7-2-3-15(10-31)32-8-6-14(23(32)37)9-13-4-5-17-20(24(38)33(17)21(13)25(39)40)29-22(36)19(30-41-11-18(34)35)16-12-42-26(27)28-16/h2-3,7,9-10,12,17,20H,4-6,8,11H2,1H3,(H4-,27,28,29,34,35,36,39,40)/b14-9?,30-19-/t17-,20+/m1/s1. The van der Waals surface area contributed by atoms with Crippen molar-refractivity contribution in [1.82, 2.24) is 15.2 Å². The number of nitrogens with one attached hydrogen (secondary N) is 1. The smallest absolute Gasteiger partial charge is 0.344 e. The highest BCUT2D eigenvalue weighted by molar-refractivity contribution is 7.13. The number of hydrogen-bond donors (Lipinski definition) is 3. The Kier molecular flexibility index (Phi) is 7.71. The van der Waals surface area contributed by atoms with Gasteiger partial charge in [0.15, 0.2) is 23.2 Å². The number of oxime groups is 1. The minimum atomic E-state index is -1.58. The van der Waals surface area contributed by atoms with Crippen LogP contribution in [-0.2, 0) is 35.9 Å². The summed E-state index contributed by atoms with van der Waals surface area (Å²) in [5.41, 5.74) is 6.31. The number of carbonyl (C=O) groups is 5. The lowest BCUT2D eigenvalue weighted by Crippen LogP contribution is -2.72. The zero-order chi connectivity index (χ0) is 30.1. The molecule has 3 amide bonds. The van der Waals surface area contributed by atoms with E-state index in [0.29, 0.717) is 30.6 Å². The van der Waals surface area contributed by atoms with Crippen molar-refractivity contribution >= 4 is 57.5 Å². The molecular weight excluding hydrogens is 570 g/mol. The summed E-state index contributed by atoms with van der Waals surface area (Å²) in [6.07, 6.45) is 6.07. The van der Waals surface area contributed by atoms with E-state index in [1.54, 1.807) is 4.90 Å². The Labute approximate surface area is 242 Å². The van der Waals surface area contributed by atoms with Crippen molar-refractivity contribution < 1.29 is 43.6 Å². The highest BCUT2D eigenvalue weighted by atomic mass is 32.1. The summed E-state index contributed by atoms with van der Waals surface area (Å²) < 4.78 is 1.82. The lowest BCUT2D eigenvalue weighted by Gasteiger charge is -2.51. The molecule has 0 bridgehead atoms. The number of amides is 3. The minimum absolute atomic E-state index is 0.0106. The number of carbonyl (C=O) groups excluding carboxylic acids is 4. The Morgan fingerprint density at radius 1 is 1.36 bits per heavy atom. The van der Waals surface area contributed by atoms with Crippen LogP contribution in [0.25, 0.3) is 0 Å². The number of pyridine rings is 1. The van der Waals surface area contributed by atoms with E-state index in [4.69, 9.17) is 15.7 Å². The lowest BCUT2D eigenvalue weighted by atomic mass is 9.82. The van der Waals surface area contributed by atoms with E-state index in [0.717, 1.165) is 16.2 Å². The van der Waals surface area contributed by atoms with Crippen LogP contribution in [0.3, 0.4) is 0 Å². The van der Waals surface area contributed by atoms with Crippen LogP contribution in [0.5, 0.6) is 0 Å². The van der Waals surface area contributed by atoms with Crippen LogP contribution in [-0.4, -0.2) is 75.6 Å². The molecule has 3 aliphatic rings. The second-order valence-electron chi connectivity index (χ2n) is 9.71. The number of allylic oxidation sites excluding steroid dienone is 2. The average Bonchev–Trinajstić information content (AvgIpc) is 3.54. The molecule has 2 aromatic rings. The summed E-state index contributed by atoms with van der Waals surface area (Å²) in [5.74, 6) is -4.74. The van der Waals surface area contributed by atoms with Crippen LogP contribution in [0.2, 0.25) is 0 Å². The number of nitrogen functional groups attached to an aromatic ring is 1. The molecule has 2 atom stereocenters. The Hall–Kier alpha value is -5.12. The predicted molar refractivity (Wildman–Crippen MR) is 143 cm³/mol. The molecule has 2 fully saturated rings. The summed E-state index contributed by atoms with van der Waals surface area (Å²) >= 11 is 1.01. The van der Waals surface area contributed by atoms with Crippen molar-refractivity contribution in [2.45, 2.75) is 31.3 Å². The predicted octanol–water partition coefficient (Wildman–Crippen LogP) is -1.79. The van der Waals surface area contributed by atoms with Gasteiger partial charge in [-0.1, -0.05) is 5.16 Å². The van der Waals surface area contributed by atoms with Crippen molar-refractivity contribution in [3.63, 3.8) is 0 Å². The lowest BCUT2D eigenvalue weighted by molar-refractivity contribution is -0.670. The molecular formula is C26H25N7O8S. The maximum absolute atomic E-state index is 13.1. The van der Waals surface area contributed by atoms with Gasteiger partial charge in [-0.05, 0) is 37.0 Å². The second kappa shape index (κ2) is 11.4. The van der Waals surface area contributed by atoms with Crippen molar-refractivity contribution in [2.24, 2.45) is 12.2 Å². The summed E-state index contributed by atoms with van der Waals surface area (Å²) in [4.78, 5) is 73.6. The number of nitrogens with two attached hydrogens (primary N) is 1. The minimum Gasteiger partial charge on any atom is -0.543 e. The third-order valence-corrected chi connectivity index (χ3v) is 7.66. The van der Waals surface area contributed by atoms with Crippen LogP contribution in [0.1, 0.15) is 25.0 Å². The first-order valence-corrected chi connectivity index (χ1v) is 13.6. The number of anilines is 2. The zero-order valence-corrected chi connectivity index (χ0v) is 23.0. The summed E-state index contributed by atoms with van der Waals surface area (Å²) in [6.45, 7) is -0.399. The average molecular weight is 596 g/mol. The number of aliphatic carboxylic acids is 2. The molecule has 5 heterocycles. The quantitative estimate of drug-likeness (QED) is 0.0974. The highest BCUT2D eigenvalue weighted by Gasteiger charge is 2.52. The van der Waals surface area contributed by atoms with E-state index >= 15 is 0 Å². The maximum atomic E-state index is 13.1. The van der Waals surface area contributed by atoms with Gasteiger partial charge in [0.25, 0.3) is 17.7 Å². The van der Waals surface area contributed by atoms with Crippen LogP contribution in [0.4, 0.5) is 10.8 Å². The molecule has 5 rings (SSSR count). The largest absolute Gasteiger partial charge is 0.543 e. The van der Waals surface area contributed by atoms with Gasteiger partial charge in [0.05, 0.1) is 17.7 Å². The molecule has 3 aliphatic heterocycles. The van der Waals surface area contributed by atoms with Gasteiger partial charge in [0.1, 0.15) is 24.5 Å². The number of thiazole rings is 1. The molecule has 16 heteroatoms. The number of hydrogen-bond acceptors (Lipinski definition) is 11. The monoisotopic (exact) mass is 595 g/mol. The molecule has 0 aromatic carbocycles. The molecule has 4 N–H and O–H groups in total. The third-order valence-electron chi connectivity index (χ3n) is 6.99. The van der Waals surface area contributed by atoms with Gasteiger partial charge in [0.2, 0.25) is 6.61 Å². The normalized spacial score (nSPS) is 21.4. The number of carboxylic acid groups (broad SMARTS) is 2. The number of β-lactam (4-membered cyclic amide) rings is 1. The zero-order valence-electron chi connectivity index (χ0n) is 22.2. The Morgan fingerprint density at radius 2 is 2.14 bits per heavy atom. The first kappa shape index (κ1) is 28.4. The fraction of sp³-hybridized carbons (Fsp3) is 0.308. The van der Waals surface area contributed by atoms with Crippen molar-refractivity contribution in [2.75, 3.05) is 23.8 Å². The molecule has 0 spiro atoms. The molecule has 42 heavy (non-hydrogen) atoms. The van der Waals surface area contributed by atoms with Crippen molar-refractivity contribution in [1.29, 1.82) is 0 Å². The maximum Gasteiger partial charge on any atom is 0.344 e. The van der Waals surface area contributed by atoms with Gasteiger partial charge in [0, 0.05) is 23.6 Å². The Bertz CT molecular complexity index is 1600. The van der Waals surface area contributed by atoms with E-state index in [2.05, 4.69) is 15.5 Å². The molecule has 0 unspecified atom stereocenters. The highest BCUT2D eigenvalue weighted by Crippen LogP contribution is 2.38. The molecule has 0 saturated carbocycles. The summed E-state index contributed by atoms with van der Waals surface area (Å²) in [7, 11) is 1.84. The Morgan fingerprint density at radius 3 is 2.81 bits per heavy atom. The fourth-order valence-corrected chi connectivity index (χ4v) is 5.67. The topological polar surface area (TPSA) is 212 Å². The van der Waals surface area contributed by atoms with Gasteiger partial charge < -0.3 is 40.7 Å². The van der Waals surface area contributed by atoms with Gasteiger partial charge in [-0.2, -0.15) is 0 Å². The fourth-order valence-electron chi connectivity index (χ4n) is 5.12. The van der Waals surface area contributed by atoms with Crippen molar-refractivity contribution in [3.05, 3.63) is 58.5 Å². The van der Waals surface area contributed by atoms with E-state index < -0.39 is 48.2 Å². The number of carboxylic acids is 2. The molecule has 0 radical (unpaired) electrons. The van der Waals surface area contributed by atoms with Gasteiger partial charge in [-0.15, -0.1) is 11.3 Å². The Balaban J connectivity index is 1.34. The molecule has 218 valence electrons. The van der Waals surface area contributed by atoms with Crippen LogP contribution < -0.4 is 25.6 Å². The third kappa shape index (κ3) is 5.43. The van der Waals surface area contributed by atoms with Crippen molar-refractivity contribution in [3.8, 4) is 0 Å². The number of fused-ring (bicyclic) bond motifs is 1. The van der Waals surface area contributed by atoms with Crippen LogP contribution in [0, 0.1) is 0 Å². The molecule has 2 aromatic heterocycles.